The number of halogens is 1. The Kier molecular flexibility index (Phi) is 2.78. The van der Waals surface area contributed by atoms with Crippen molar-refractivity contribution in [3.8, 4) is 0 Å². The van der Waals surface area contributed by atoms with E-state index in [0.29, 0.717) is 0 Å². The quantitative estimate of drug-likeness (QED) is 0.884. The van der Waals surface area contributed by atoms with Gasteiger partial charge in [-0.2, -0.15) is 0 Å². The van der Waals surface area contributed by atoms with Gasteiger partial charge in [0.05, 0.1) is 5.69 Å². The van der Waals surface area contributed by atoms with E-state index in [4.69, 9.17) is 4.52 Å². The van der Waals surface area contributed by atoms with E-state index in [2.05, 4.69) is 10.5 Å². The van der Waals surface area contributed by atoms with Crippen LogP contribution in [0.4, 0.5) is 10.3 Å². The molecule has 2 aromatic rings. The molecule has 0 aliphatic heterocycles. The largest absolute Gasteiger partial charge is 0.357 e. The van der Waals surface area contributed by atoms with E-state index in [1.165, 1.54) is 6.07 Å². The molecule has 1 atom stereocenters. The molecule has 0 spiro atoms. The van der Waals surface area contributed by atoms with Gasteiger partial charge in [-0.15, -0.1) is 0 Å². The van der Waals surface area contributed by atoms with Crippen molar-refractivity contribution < 1.29 is 8.91 Å². The molecule has 0 saturated heterocycles. The molecule has 1 aromatic heterocycles. The lowest BCUT2D eigenvalue weighted by Gasteiger charge is -2.21. The number of rotatable bonds is 2. The number of hydrogen-bond donors (Lipinski definition) is 1. The van der Waals surface area contributed by atoms with E-state index in [1.807, 2.05) is 19.2 Å². The van der Waals surface area contributed by atoms with Crippen molar-refractivity contribution in [1.82, 2.24) is 5.16 Å². The minimum Gasteiger partial charge on any atom is -0.357 e. The summed E-state index contributed by atoms with van der Waals surface area (Å²) in [6.45, 7) is 0. The molecule has 1 N–H and O–H groups in total. The molecular formula is C14H15FN2O. The van der Waals surface area contributed by atoms with Gasteiger partial charge >= 0.3 is 0 Å². The van der Waals surface area contributed by atoms with Crippen LogP contribution < -0.4 is 5.32 Å². The SMILES string of the molecule is CNc1onc2c1CCC(c1ccccc1F)C2. The number of hydrogen-bond acceptors (Lipinski definition) is 3. The van der Waals surface area contributed by atoms with Gasteiger partial charge < -0.3 is 9.84 Å². The molecule has 1 aromatic carbocycles. The summed E-state index contributed by atoms with van der Waals surface area (Å²) in [5, 5.41) is 7.07. The third-order valence-electron chi connectivity index (χ3n) is 3.62. The van der Waals surface area contributed by atoms with Crippen molar-refractivity contribution >= 4 is 5.88 Å². The van der Waals surface area contributed by atoms with Gasteiger partial charge in [-0.3, -0.25) is 0 Å². The lowest BCUT2D eigenvalue weighted by molar-refractivity contribution is 0.421. The monoisotopic (exact) mass is 246 g/mol. The van der Waals surface area contributed by atoms with Crippen LogP contribution in [0.2, 0.25) is 0 Å². The zero-order chi connectivity index (χ0) is 12.5. The maximum absolute atomic E-state index is 13.8. The molecule has 4 heteroatoms. The van der Waals surface area contributed by atoms with Gasteiger partial charge in [0.2, 0.25) is 5.88 Å². The van der Waals surface area contributed by atoms with Crippen LogP contribution in [0.1, 0.15) is 29.2 Å². The zero-order valence-electron chi connectivity index (χ0n) is 10.2. The Bertz CT molecular complexity index is 565. The van der Waals surface area contributed by atoms with Crippen LogP contribution in [0.15, 0.2) is 28.8 Å². The second-order valence-corrected chi connectivity index (χ2v) is 4.65. The van der Waals surface area contributed by atoms with Crippen molar-refractivity contribution in [2.24, 2.45) is 0 Å². The van der Waals surface area contributed by atoms with Crippen molar-refractivity contribution in [3.05, 3.63) is 46.9 Å². The molecule has 1 aliphatic rings. The first kappa shape index (κ1) is 11.3. The van der Waals surface area contributed by atoms with E-state index in [1.54, 1.807) is 6.07 Å². The first-order valence-electron chi connectivity index (χ1n) is 6.19. The Labute approximate surface area is 105 Å². The van der Waals surface area contributed by atoms with Gasteiger partial charge in [-0.25, -0.2) is 4.39 Å². The van der Waals surface area contributed by atoms with Crippen molar-refractivity contribution in [1.29, 1.82) is 0 Å². The molecule has 1 aliphatic carbocycles. The lowest BCUT2D eigenvalue weighted by atomic mass is 9.83. The summed E-state index contributed by atoms with van der Waals surface area (Å²) in [6, 6.07) is 6.99. The van der Waals surface area contributed by atoms with E-state index < -0.39 is 0 Å². The summed E-state index contributed by atoms with van der Waals surface area (Å²) in [4.78, 5) is 0. The summed E-state index contributed by atoms with van der Waals surface area (Å²) in [7, 11) is 1.82. The van der Waals surface area contributed by atoms with Gasteiger partial charge in [0.15, 0.2) is 0 Å². The molecule has 0 amide bonds. The molecule has 0 bridgehead atoms. The summed E-state index contributed by atoms with van der Waals surface area (Å²) in [5.41, 5.74) is 2.89. The second-order valence-electron chi connectivity index (χ2n) is 4.65. The Morgan fingerprint density at radius 2 is 2.22 bits per heavy atom. The molecule has 18 heavy (non-hydrogen) atoms. The van der Waals surface area contributed by atoms with E-state index in [-0.39, 0.29) is 11.7 Å². The average molecular weight is 246 g/mol. The van der Waals surface area contributed by atoms with Crippen LogP contribution in [-0.4, -0.2) is 12.2 Å². The molecule has 94 valence electrons. The van der Waals surface area contributed by atoms with Gasteiger partial charge in [-0.1, -0.05) is 23.4 Å². The smallest absolute Gasteiger partial charge is 0.227 e. The zero-order valence-corrected chi connectivity index (χ0v) is 10.2. The highest BCUT2D eigenvalue weighted by Crippen LogP contribution is 2.36. The third kappa shape index (κ3) is 1.78. The normalized spacial score (nSPS) is 18.4. The molecule has 3 rings (SSSR count). The number of nitrogens with one attached hydrogen (secondary N) is 1. The lowest BCUT2D eigenvalue weighted by Crippen LogP contribution is -2.14. The van der Waals surface area contributed by atoms with Gasteiger partial charge in [-0.05, 0) is 30.4 Å². The van der Waals surface area contributed by atoms with Crippen LogP contribution in [0.25, 0.3) is 0 Å². The molecule has 0 saturated carbocycles. The summed E-state index contributed by atoms with van der Waals surface area (Å²) in [6.07, 6.45) is 2.57. The van der Waals surface area contributed by atoms with Gasteiger partial charge in [0, 0.05) is 19.0 Å². The predicted molar refractivity (Wildman–Crippen MR) is 67.2 cm³/mol. The highest BCUT2D eigenvalue weighted by molar-refractivity contribution is 5.45. The van der Waals surface area contributed by atoms with Crippen LogP contribution >= 0.6 is 0 Å². The Morgan fingerprint density at radius 3 is 3.00 bits per heavy atom. The molecule has 1 heterocycles. The minimum atomic E-state index is -0.122. The molecule has 0 fully saturated rings. The Balaban J connectivity index is 1.89. The number of nitrogens with zero attached hydrogens (tertiary/aromatic N) is 1. The first-order valence-corrected chi connectivity index (χ1v) is 6.19. The fourth-order valence-corrected chi connectivity index (χ4v) is 2.68. The number of aromatic nitrogens is 1. The van der Waals surface area contributed by atoms with Gasteiger partial charge in [0.1, 0.15) is 5.82 Å². The topological polar surface area (TPSA) is 38.1 Å². The van der Waals surface area contributed by atoms with Crippen LogP contribution in [-0.2, 0) is 12.8 Å². The standard InChI is InChI=1S/C14H15FN2O/c1-16-14-11-7-6-9(8-13(11)17-18-14)10-4-2-3-5-12(10)15/h2-5,9,16H,6-8H2,1H3. The van der Waals surface area contributed by atoms with E-state index in [9.17, 15) is 4.39 Å². The fraction of sp³-hybridized carbons (Fsp3) is 0.357. The van der Waals surface area contributed by atoms with E-state index >= 15 is 0 Å². The molecule has 1 unspecified atom stereocenters. The molecular weight excluding hydrogens is 231 g/mol. The summed E-state index contributed by atoms with van der Waals surface area (Å²) in [5.74, 6) is 0.828. The fourth-order valence-electron chi connectivity index (χ4n) is 2.68. The number of fused-ring (bicyclic) bond motifs is 1. The van der Waals surface area contributed by atoms with Crippen LogP contribution in [0.3, 0.4) is 0 Å². The Morgan fingerprint density at radius 1 is 1.39 bits per heavy atom. The van der Waals surface area contributed by atoms with Crippen molar-refractivity contribution in [2.75, 3.05) is 12.4 Å². The second kappa shape index (κ2) is 4.44. The predicted octanol–water partition coefficient (Wildman–Crippen LogP) is 3.13. The van der Waals surface area contributed by atoms with Gasteiger partial charge in [0.25, 0.3) is 0 Å². The number of anilines is 1. The molecule has 0 radical (unpaired) electrons. The van der Waals surface area contributed by atoms with Crippen LogP contribution in [0.5, 0.6) is 0 Å². The summed E-state index contributed by atoms with van der Waals surface area (Å²) >= 11 is 0. The van der Waals surface area contributed by atoms with Crippen molar-refractivity contribution in [3.63, 3.8) is 0 Å². The highest BCUT2D eigenvalue weighted by atomic mass is 19.1. The maximum Gasteiger partial charge on any atom is 0.227 e. The third-order valence-corrected chi connectivity index (χ3v) is 3.62. The first-order chi connectivity index (χ1) is 8.79. The Hall–Kier alpha value is -1.84. The highest BCUT2D eigenvalue weighted by Gasteiger charge is 2.27. The van der Waals surface area contributed by atoms with Crippen LogP contribution in [0, 0.1) is 5.82 Å². The maximum atomic E-state index is 13.8. The minimum absolute atomic E-state index is 0.122. The average Bonchev–Trinajstić information content (AvgIpc) is 2.81. The van der Waals surface area contributed by atoms with E-state index in [0.717, 1.165) is 42.0 Å². The van der Waals surface area contributed by atoms with Crippen molar-refractivity contribution in [2.45, 2.75) is 25.2 Å². The summed E-state index contributed by atoms with van der Waals surface area (Å²) < 4.78 is 19.0. The molecule has 3 nitrogen and oxygen atoms in total. The number of benzene rings is 1.